The molecular weight excluding hydrogens is 482 g/mol. The summed E-state index contributed by atoms with van der Waals surface area (Å²) in [6.45, 7) is 5.54. The fourth-order valence-corrected chi connectivity index (χ4v) is 6.01. The Balaban J connectivity index is 1.69. The maximum absolute atomic E-state index is 13.0. The van der Waals surface area contributed by atoms with E-state index in [0.29, 0.717) is 34.6 Å². The predicted molar refractivity (Wildman–Crippen MR) is 140 cm³/mol. The molecule has 8 heteroatoms. The van der Waals surface area contributed by atoms with E-state index in [1.807, 2.05) is 42.5 Å². The predicted octanol–water partition coefficient (Wildman–Crippen LogP) is 4.77. The number of aromatic nitrogens is 1. The van der Waals surface area contributed by atoms with Crippen LogP contribution in [0.25, 0.3) is 0 Å². The van der Waals surface area contributed by atoms with Gasteiger partial charge in [0, 0.05) is 18.4 Å². The molecule has 2 N–H and O–H groups in total. The summed E-state index contributed by atoms with van der Waals surface area (Å²) < 4.78 is 17.9. The first-order chi connectivity index (χ1) is 18.1. The topological polar surface area (TPSA) is 114 Å². The first-order valence-electron chi connectivity index (χ1n) is 12.6. The zero-order chi connectivity index (χ0) is 27.1. The molecule has 1 saturated carbocycles. The molecule has 0 spiro atoms. The van der Waals surface area contributed by atoms with E-state index in [-0.39, 0.29) is 12.5 Å². The number of hydrogen-bond donors (Lipinski definition) is 2. The normalized spacial score (nSPS) is 25.5. The number of carbonyl (C=O) groups excluding carboxylic acids is 1. The molecule has 2 aromatic carbocycles. The number of rotatable bonds is 5. The fourth-order valence-electron chi connectivity index (χ4n) is 6.01. The zero-order valence-corrected chi connectivity index (χ0v) is 21.9. The van der Waals surface area contributed by atoms with Crippen LogP contribution >= 0.6 is 0 Å². The molecule has 196 valence electrons. The van der Waals surface area contributed by atoms with Gasteiger partial charge in [-0.05, 0) is 50.5 Å². The Labute approximate surface area is 222 Å². The molecule has 3 aromatic rings. The number of methoxy groups -OCH3 is 1. The molecule has 0 radical (unpaired) electrons. The third kappa shape index (κ3) is 3.95. The van der Waals surface area contributed by atoms with E-state index in [9.17, 15) is 15.2 Å². The molecule has 38 heavy (non-hydrogen) atoms. The van der Waals surface area contributed by atoms with Gasteiger partial charge in [-0.1, -0.05) is 42.5 Å². The quantitative estimate of drug-likeness (QED) is 0.505. The molecule has 0 saturated heterocycles. The molecule has 1 aliphatic heterocycles. The number of nitriles is 1. The second kappa shape index (κ2) is 9.34. The molecule has 1 aliphatic carbocycles. The monoisotopic (exact) mass is 513 g/mol. The van der Waals surface area contributed by atoms with Gasteiger partial charge >= 0.3 is 6.09 Å². The van der Waals surface area contributed by atoms with Gasteiger partial charge in [-0.25, -0.2) is 4.79 Å². The third-order valence-electron chi connectivity index (χ3n) is 7.45. The van der Waals surface area contributed by atoms with Crippen LogP contribution in [-0.2, 0) is 15.9 Å². The van der Waals surface area contributed by atoms with Crippen molar-refractivity contribution in [2.45, 2.75) is 49.9 Å². The summed E-state index contributed by atoms with van der Waals surface area (Å²) in [5.41, 5.74) is -0.857. The minimum atomic E-state index is -1.61. The average molecular weight is 514 g/mol. The highest BCUT2D eigenvalue weighted by atomic mass is 16.6. The molecule has 4 atom stereocenters. The first-order valence-corrected chi connectivity index (χ1v) is 12.6. The summed E-state index contributed by atoms with van der Waals surface area (Å²) in [5, 5.41) is 25.3. The molecular formula is C30H31N3O5. The zero-order valence-electron chi connectivity index (χ0n) is 21.9. The Morgan fingerprint density at radius 1 is 1.18 bits per heavy atom. The van der Waals surface area contributed by atoms with Crippen molar-refractivity contribution in [2.75, 3.05) is 13.7 Å². The maximum atomic E-state index is 13.0. The van der Waals surface area contributed by atoms with Crippen molar-refractivity contribution in [3.05, 3.63) is 89.2 Å². The lowest BCUT2D eigenvalue weighted by molar-refractivity contribution is -0.127. The number of fused-ring (bicyclic) bond motifs is 3. The number of alkyl carbamates (subject to hydrolysis) is 1. The molecule has 2 heterocycles. The van der Waals surface area contributed by atoms with Gasteiger partial charge in [0.05, 0.1) is 36.7 Å². The molecule has 5 rings (SSSR count). The van der Waals surface area contributed by atoms with Crippen LogP contribution in [0.1, 0.15) is 55.4 Å². The molecule has 0 bridgehead atoms. The van der Waals surface area contributed by atoms with Gasteiger partial charge in [0.1, 0.15) is 22.7 Å². The second-order valence-electron chi connectivity index (χ2n) is 10.8. The van der Waals surface area contributed by atoms with Crippen LogP contribution in [0.5, 0.6) is 11.5 Å². The van der Waals surface area contributed by atoms with E-state index < -0.39 is 28.8 Å². The number of hydrogen-bond acceptors (Lipinski definition) is 7. The molecule has 8 nitrogen and oxygen atoms in total. The molecule has 1 amide bonds. The number of benzene rings is 2. The Kier molecular flexibility index (Phi) is 6.28. The van der Waals surface area contributed by atoms with Crippen LogP contribution < -0.4 is 14.8 Å². The van der Waals surface area contributed by atoms with Crippen molar-refractivity contribution in [1.82, 2.24) is 10.3 Å². The van der Waals surface area contributed by atoms with Crippen LogP contribution in [-0.4, -0.2) is 35.4 Å². The van der Waals surface area contributed by atoms with Crippen LogP contribution in [0, 0.1) is 17.2 Å². The Morgan fingerprint density at radius 3 is 2.53 bits per heavy atom. The molecule has 0 unspecified atom stereocenters. The lowest BCUT2D eigenvalue weighted by Crippen LogP contribution is -2.52. The number of ether oxygens (including phenoxy) is 3. The van der Waals surface area contributed by atoms with Gasteiger partial charge in [-0.2, -0.15) is 5.26 Å². The van der Waals surface area contributed by atoms with E-state index in [1.165, 1.54) is 7.11 Å². The standard InChI is InChI=1S/C30H31N3O5/c1-28(2,3)38-27(34)33-16-22-14-23(20-8-6-5-7-9-20)30(21-12-10-19(15-31)11-13-21)29(22,35)26-24(36-4)17-32-18-25(26)37-30/h5-13,17-18,22-23,35H,14,16H2,1-4H3,(H,33,34)/t22-,23+,29-,30+/m1/s1. The van der Waals surface area contributed by atoms with E-state index in [1.54, 1.807) is 45.3 Å². The van der Waals surface area contributed by atoms with Crippen molar-refractivity contribution in [2.24, 2.45) is 5.92 Å². The van der Waals surface area contributed by atoms with Gasteiger partial charge in [0.15, 0.2) is 5.60 Å². The Morgan fingerprint density at radius 2 is 1.89 bits per heavy atom. The summed E-state index contributed by atoms with van der Waals surface area (Å²) >= 11 is 0. The number of nitrogens with one attached hydrogen (secondary N) is 1. The molecule has 2 aliphatic rings. The maximum Gasteiger partial charge on any atom is 0.407 e. The smallest absolute Gasteiger partial charge is 0.407 e. The van der Waals surface area contributed by atoms with Gasteiger partial charge in [-0.15, -0.1) is 0 Å². The minimum Gasteiger partial charge on any atom is -0.495 e. The van der Waals surface area contributed by atoms with Crippen LogP contribution in [0.4, 0.5) is 4.79 Å². The fraction of sp³-hybridized carbons (Fsp3) is 0.367. The highest BCUT2D eigenvalue weighted by molar-refractivity contribution is 5.68. The third-order valence-corrected chi connectivity index (χ3v) is 7.45. The number of pyridine rings is 1. The number of aliphatic hydroxyl groups is 1. The first kappa shape index (κ1) is 25.6. The number of carbonyl (C=O) groups is 1. The van der Waals surface area contributed by atoms with Gasteiger partial charge < -0.3 is 24.6 Å². The van der Waals surface area contributed by atoms with Gasteiger partial charge in [0.2, 0.25) is 0 Å². The van der Waals surface area contributed by atoms with E-state index in [0.717, 1.165) is 5.56 Å². The van der Waals surface area contributed by atoms with Crippen molar-refractivity contribution in [3.63, 3.8) is 0 Å². The van der Waals surface area contributed by atoms with Gasteiger partial charge in [-0.3, -0.25) is 4.98 Å². The minimum absolute atomic E-state index is 0.140. The highest BCUT2D eigenvalue weighted by Gasteiger charge is 2.73. The van der Waals surface area contributed by atoms with E-state index >= 15 is 0 Å². The number of nitrogens with zero attached hydrogens (tertiary/aromatic N) is 2. The lowest BCUT2D eigenvalue weighted by atomic mass is 9.70. The second-order valence-corrected chi connectivity index (χ2v) is 10.8. The van der Waals surface area contributed by atoms with Crippen molar-refractivity contribution in [1.29, 1.82) is 5.26 Å². The van der Waals surface area contributed by atoms with Crippen LogP contribution in [0.2, 0.25) is 0 Å². The van der Waals surface area contributed by atoms with Crippen LogP contribution in [0.15, 0.2) is 67.0 Å². The Hall–Kier alpha value is -4.09. The number of amides is 1. The molecule has 1 aromatic heterocycles. The van der Waals surface area contributed by atoms with E-state index in [2.05, 4.69) is 16.4 Å². The largest absolute Gasteiger partial charge is 0.495 e. The Bertz CT molecular complexity index is 1380. The van der Waals surface area contributed by atoms with Crippen LogP contribution in [0.3, 0.4) is 0 Å². The van der Waals surface area contributed by atoms with Crippen molar-refractivity contribution < 1.29 is 24.1 Å². The summed E-state index contributed by atoms with van der Waals surface area (Å²) in [6, 6.07) is 19.1. The molecule has 1 fully saturated rings. The SMILES string of the molecule is COc1cncc2c1[C@]1(O)[C@@H](CNC(=O)OC(C)(C)C)C[C@@H](c3ccccc3)[C@]1(c1ccc(C#N)cc1)O2. The van der Waals surface area contributed by atoms with Gasteiger partial charge in [0.25, 0.3) is 0 Å². The van der Waals surface area contributed by atoms with Crippen molar-refractivity contribution >= 4 is 6.09 Å². The average Bonchev–Trinajstić information content (AvgIpc) is 3.32. The van der Waals surface area contributed by atoms with Crippen molar-refractivity contribution in [3.8, 4) is 17.6 Å². The highest BCUT2D eigenvalue weighted by Crippen LogP contribution is 2.69. The summed E-state index contributed by atoms with van der Waals surface area (Å²) in [7, 11) is 1.53. The summed E-state index contributed by atoms with van der Waals surface area (Å²) in [6.07, 6.45) is 3.08. The lowest BCUT2D eigenvalue weighted by Gasteiger charge is -2.42. The summed E-state index contributed by atoms with van der Waals surface area (Å²) in [4.78, 5) is 16.9. The summed E-state index contributed by atoms with van der Waals surface area (Å²) in [5.74, 6) is 0.0354. The van der Waals surface area contributed by atoms with E-state index in [4.69, 9.17) is 14.2 Å².